The zero-order valence-corrected chi connectivity index (χ0v) is 9.26. The van der Waals surface area contributed by atoms with Crippen LogP contribution in [0.2, 0.25) is 0 Å². The average molecular weight is 233 g/mol. The molecule has 1 fully saturated rings. The maximum Gasteiger partial charge on any atom is 0.421 e. The Bertz CT molecular complexity index is 330. The predicted octanol–water partition coefficient (Wildman–Crippen LogP) is 1.52. The summed E-state index contributed by atoms with van der Waals surface area (Å²) in [6.45, 7) is 3.07. The van der Waals surface area contributed by atoms with Crippen LogP contribution in [0, 0.1) is 0 Å². The van der Waals surface area contributed by atoms with Crippen molar-refractivity contribution in [2.45, 2.75) is 38.2 Å². The van der Waals surface area contributed by atoms with E-state index in [4.69, 9.17) is 4.74 Å². The van der Waals surface area contributed by atoms with E-state index in [1.165, 1.54) is 0 Å². The number of hydrogen-bond acceptors (Lipinski definition) is 4. The first-order valence-electron chi connectivity index (χ1n) is 4.89. The molecule has 0 aliphatic heterocycles. The molecule has 0 bridgehead atoms. The van der Waals surface area contributed by atoms with E-state index in [0.717, 1.165) is 32.1 Å². The minimum Gasteiger partial charge on any atom is -0.446 e. The van der Waals surface area contributed by atoms with E-state index in [-0.39, 0.29) is 6.10 Å². The van der Waals surface area contributed by atoms with E-state index in [2.05, 4.69) is 6.58 Å². The summed E-state index contributed by atoms with van der Waals surface area (Å²) < 4.78 is 28.5. The molecule has 0 spiro atoms. The molecule has 1 amide bonds. The maximum absolute atomic E-state index is 11.1. The van der Waals surface area contributed by atoms with Crippen molar-refractivity contribution < 1.29 is 17.9 Å². The zero-order chi connectivity index (χ0) is 11.3. The van der Waals surface area contributed by atoms with Gasteiger partial charge in [-0.2, -0.15) is 0 Å². The van der Waals surface area contributed by atoms with Crippen molar-refractivity contribution in [2.24, 2.45) is 0 Å². The number of carbonyl (C=O) groups is 1. The molecule has 5 nitrogen and oxygen atoms in total. The second-order valence-electron chi connectivity index (χ2n) is 3.48. The molecule has 1 saturated carbocycles. The van der Waals surface area contributed by atoms with Crippen LogP contribution in [0.3, 0.4) is 0 Å². The fraction of sp³-hybridized carbons (Fsp3) is 0.667. The third-order valence-corrected chi connectivity index (χ3v) is 3.16. The lowest BCUT2D eigenvalue weighted by molar-refractivity contribution is 0.0799. The summed E-state index contributed by atoms with van der Waals surface area (Å²) >= 11 is 0. The van der Waals surface area contributed by atoms with E-state index in [1.54, 1.807) is 4.72 Å². The van der Waals surface area contributed by atoms with Crippen molar-refractivity contribution in [1.82, 2.24) is 4.72 Å². The highest BCUT2D eigenvalue weighted by molar-refractivity contribution is 7.92. The molecule has 6 heteroatoms. The highest BCUT2D eigenvalue weighted by atomic mass is 32.2. The number of rotatable bonds is 3. The smallest absolute Gasteiger partial charge is 0.421 e. The molecule has 0 aromatic rings. The van der Waals surface area contributed by atoms with Crippen LogP contribution in [0.4, 0.5) is 4.79 Å². The van der Waals surface area contributed by atoms with Crippen LogP contribution in [-0.2, 0) is 14.8 Å². The molecule has 86 valence electrons. The molecule has 0 atom stereocenters. The van der Waals surface area contributed by atoms with Crippen LogP contribution in [0.1, 0.15) is 32.1 Å². The van der Waals surface area contributed by atoms with Crippen LogP contribution >= 0.6 is 0 Å². The molecule has 1 aliphatic carbocycles. The zero-order valence-electron chi connectivity index (χ0n) is 8.44. The molecule has 0 saturated heterocycles. The van der Waals surface area contributed by atoms with Gasteiger partial charge in [0.2, 0.25) is 0 Å². The van der Waals surface area contributed by atoms with Crippen molar-refractivity contribution in [3.63, 3.8) is 0 Å². The standard InChI is InChI=1S/C9H15NO4S/c1-2-15(12,13)10-9(11)14-8-6-4-3-5-7-8/h2,8H,1,3-7H2,(H,10,11). The molecule has 0 aromatic heterocycles. The molecule has 1 rings (SSSR count). The van der Waals surface area contributed by atoms with Gasteiger partial charge < -0.3 is 4.74 Å². The van der Waals surface area contributed by atoms with Gasteiger partial charge in [0.25, 0.3) is 10.0 Å². The second kappa shape index (κ2) is 5.16. The Morgan fingerprint density at radius 1 is 1.33 bits per heavy atom. The van der Waals surface area contributed by atoms with E-state index >= 15 is 0 Å². The average Bonchev–Trinajstić information content (AvgIpc) is 2.18. The minimum atomic E-state index is -3.73. The SMILES string of the molecule is C=CS(=O)(=O)NC(=O)OC1CCCCC1. The molecule has 1 N–H and O–H groups in total. The summed E-state index contributed by atoms with van der Waals surface area (Å²) in [5.41, 5.74) is 0. The Kier molecular flexibility index (Phi) is 4.14. The summed E-state index contributed by atoms with van der Waals surface area (Å²) in [6.07, 6.45) is 3.73. The molecular weight excluding hydrogens is 218 g/mol. The monoisotopic (exact) mass is 233 g/mol. The Hall–Kier alpha value is -1.04. The van der Waals surface area contributed by atoms with E-state index in [0.29, 0.717) is 5.41 Å². The fourth-order valence-electron chi connectivity index (χ4n) is 1.52. The van der Waals surface area contributed by atoms with Gasteiger partial charge in [-0.1, -0.05) is 13.0 Å². The quantitative estimate of drug-likeness (QED) is 0.802. The number of hydrogen-bond donors (Lipinski definition) is 1. The Morgan fingerprint density at radius 2 is 1.93 bits per heavy atom. The van der Waals surface area contributed by atoms with E-state index in [1.807, 2.05) is 0 Å². The van der Waals surface area contributed by atoms with E-state index < -0.39 is 16.1 Å². The third kappa shape index (κ3) is 4.33. The Balaban J connectivity index is 2.38. The van der Waals surface area contributed by atoms with Gasteiger partial charge >= 0.3 is 6.09 Å². The third-order valence-electron chi connectivity index (χ3n) is 2.27. The van der Waals surface area contributed by atoms with Gasteiger partial charge in [-0.15, -0.1) is 0 Å². The Labute approximate surface area is 89.5 Å². The highest BCUT2D eigenvalue weighted by Crippen LogP contribution is 2.20. The van der Waals surface area contributed by atoms with Gasteiger partial charge in [-0.05, 0) is 25.7 Å². The molecule has 0 aromatic carbocycles. The van der Waals surface area contributed by atoms with Gasteiger partial charge in [-0.25, -0.2) is 17.9 Å². The summed E-state index contributed by atoms with van der Waals surface area (Å²) in [5, 5.41) is 0.676. The number of nitrogens with one attached hydrogen (secondary N) is 1. The van der Waals surface area contributed by atoms with Gasteiger partial charge in [0.05, 0.1) is 0 Å². The number of sulfonamides is 1. The predicted molar refractivity (Wildman–Crippen MR) is 55.6 cm³/mol. The summed E-state index contributed by atoms with van der Waals surface area (Å²) in [7, 11) is -3.73. The molecule has 0 unspecified atom stereocenters. The minimum absolute atomic E-state index is 0.154. The number of ether oxygens (including phenoxy) is 1. The second-order valence-corrected chi connectivity index (χ2v) is 5.11. The van der Waals surface area contributed by atoms with E-state index in [9.17, 15) is 13.2 Å². The normalized spacial score (nSPS) is 18.1. The summed E-state index contributed by atoms with van der Waals surface area (Å²) in [5.74, 6) is 0. The molecule has 15 heavy (non-hydrogen) atoms. The van der Waals surface area contributed by atoms with Crippen molar-refractivity contribution in [1.29, 1.82) is 0 Å². The first kappa shape index (κ1) is 12.0. The van der Waals surface area contributed by atoms with Crippen LogP contribution in [0.5, 0.6) is 0 Å². The van der Waals surface area contributed by atoms with Crippen molar-refractivity contribution in [3.8, 4) is 0 Å². The first-order valence-corrected chi connectivity index (χ1v) is 6.44. The van der Waals surface area contributed by atoms with Crippen molar-refractivity contribution in [2.75, 3.05) is 0 Å². The first-order chi connectivity index (χ1) is 7.03. The van der Waals surface area contributed by atoms with Crippen molar-refractivity contribution >= 4 is 16.1 Å². The molecular formula is C9H15NO4S. The van der Waals surface area contributed by atoms with Crippen molar-refractivity contribution in [3.05, 3.63) is 12.0 Å². The van der Waals surface area contributed by atoms with Gasteiger partial charge in [0, 0.05) is 5.41 Å². The highest BCUT2D eigenvalue weighted by Gasteiger charge is 2.19. The maximum atomic E-state index is 11.1. The van der Waals surface area contributed by atoms with Crippen LogP contribution in [-0.4, -0.2) is 20.6 Å². The topological polar surface area (TPSA) is 72.5 Å². The van der Waals surface area contributed by atoms with Gasteiger partial charge in [-0.3, -0.25) is 0 Å². The molecule has 0 heterocycles. The number of amides is 1. The molecule has 0 radical (unpaired) electrons. The summed E-state index contributed by atoms with van der Waals surface area (Å²) in [6, 6.07) is 0. The molecule has 1 aliphatic rings. The lowest BCUT2D eigenvalue weighted by atomic mass is 9.98. The van der Waals surface area contributed by atoms with Gasteiger partial charge in [0.15, 0.2) is 0 Å². The number of carbonyl (C=O) groups excluding carboxylic acids is 1. The van der Waals surface area contributed by atoms with Crippen LogP contribution in [0.15, 0.2) is 12.0 Å². The fourth-order valence-corrected chi connectivity index (χ4v) is 1.88. The summed E-state index contributed by atoms with van der Waals surface area (Å²) in [4.78, 5) is 11.1. The van der Waals surface area contributed by atoms with Crippen LogP contribution < -0.4 is 4.72 Å². The lowest BCUT2D eigenvalue weighted by Crippen LogP contribution is -2.33. The van der Waals surface area contributed by atoms with Crippen LogP contribution in [0.25, 0.3) is 0 Å². The Morgan fingerprint density at radius 3 is 2.47 bits per heavy atom. The van der Waals surface area contributed by atoms with Gasteiger partial charge in [0.1, 0.15) is 6.10 Å². The lowest BCUT2D eigenvalue weighted by Gasteiger charge is -2.21. The largest absolute Gasteiger partial charge is 0.446 e.